The third kappa shape index (κ3) is 3.97. The second-order valence-electron chi connectivity index (χ2n) is 4.63. The van der Waals surface area contributed by atoms with Gasteiger partial charge in [0.15, 0.2) is 0 Å². The van der Waals surface area contributed by atoms with Crippen LogP contribution in [0.1, 0.15) is 39.2 Å². The van der Waals surface area contributed by atoms with Crippen LogP contribution in [0.25, 0.3) is 0 Å². The monoisotopic (exact) mass is 254 g/mol. The quantitative estimate of drug-likeness (QED) is 0.803. The van der Waals surface area contributed by atoms with E-state index in [1.165, 1.54) is 5.56 Å². The molecule has 1 aromatic rings. The van der Waals surface area contributed by atoms with Crippen LogP contribution in [0.5, 0.6) is 0 Å². The SMILES string of the molecule is CCNCC(CC)(CC)Cc1ccncc1Cl. The van der Waals surface area contributed by atoms with Crippen LogP contribution in [0.15, 0.2) is 18.5 Å². The van der Waals surface area contributed by atoms with E-state index in [4.69, 9.17) is 11.6 Å². The van der Waals surface area contributed by atoms with E-state index in [0.29, 0.717) is 5.41 Å². The molecule has 96 valence electrons. The first kappa shape index (κ1) is 14.5. The maximum absolute atomic E-state index is 6.20. The number of pyridine rings is 1. The third-order valence-corrected chi connectivity index (χ3v) is 4.01. The molecule has 0 aliphatic carbocycles. The molecule has 17 heavy (non-hydrogen) atoms. The number of nitrogens with zero attached hydrogens (tertiary/aromatic N) is 1. The normalized spacial score (nSPS) is 11.8. The zero-order chi connectivity index (χ0) is 12.7. The van der Waals surface area contributed by atoms with E-state index in [2.05, 4.69) is 31.1 Å². The highest BCUT2D eigenvalue weighted by Crippen LogP contribution is 2.32. The molecule has 3 heteroatoms. The molecule has 1 heterocycles. The molecule has 1 aromatic heterocycles. The predicted molar refractivity (Wildman–Crippen MR) is 74.5 cm³/mol. The third-order valence-electron chi connectivity index (χ3n) is 3.67. The fourth-order valence-corrected chi connectivity index (χ4v) is 2.34. The van der Waals surface area contributed by atoms with Gasteiger partial charge in [0.2, 0.25) is 0 Å². The minimum absolute atomic E-state index is 0.307. The van der Waals surface area contributed by atoms with E-state index in [1.807, 2.05) is 12.3 Å². The molecular weight excluding hydrogens is 232 g/mol. The van der Waals surface area contributed by atoms with Crippen molar-refractivity contribution in [1.82, 2.24) is 10.3 Å². The van der Waals surface area contributed by atoms with Crippen LogP contribution >= 0.6 is 11.6 Å². The molecule has 0 aliphatic heterocycles. The van der Waals surface area contributed by atoms with Crippen molar-refractivity contribution in [2.24, 2.45) is 5.41 Å². The number of rotatable bonds is 7. The van der Waals surface area contributed by atoms with Crippen LogP contribution in [0.3, 0.4) is 0 Å². The Balaban J connectivity index is 2.82. The van der Waals surface area contributed by atoms with E-state index in [1.54, 1.807) is 6.20 Å². The number of hydrogen-bond donors (Lipinski definition) is 1. The van der Waals surface area contributed by atoms with Gasteiger partial charge in [0, 0.05) is 18.9 Å². The number of hydrogen-bond acceptors (Lipinski definition) is 2. The van der Waals surface area contributed by atoms with Crippen LogP contribution < -0.4 is 5.32 Å². The van der Waals surface area contributed by atoms with E-state index >= 15 is 0 Å². The molecule has 1 N–H and O–H groups in total. The minimum Gasteiger partial charge on any atom is -0.316 e. The Kier molecular flexibility index (Phi) is 5.93. The summed E-state index contributed by atoms with van der Waals surface area (Å²) < 4.78 is 0. The van der Waals surface area contributed by atoms with Gasteiger partial charge in [0.1, 0.15) is 0 Å². The molecule has 0 radical (unpaired) electrons. The lowest BCUT2D eigenvalue weighted by Gasteiger charge is -2.32. The Morgan fingerprint density at radius 2 is 2.00 bits per heavy atom. The van der Waals surface area contributed by atoms with Crippen LogP contribution in [-0.4, -0.2) is 18.1 Å². The van der Waals surface area contributed by atoms with Crippen molar-refractivity contribution < 1.29 is 0 Å². The zero-order valence-corrected chi connectivity index (χ0v) is 11.8. The summed E-state index contributed by atoms with van der Waals surface area (Å²) in [5.74, 6) is 0. The summed E-state index contributed by atoms with van der Waals surface area (Å²) in [6, 6.07) is 2.04. The molecule has 0 aliphatic rings. The Bertz CT molecular complexity index is 335. The summed E-state index contributed by atoms with van der Waals surface area (Å²) in [6.07, 6.45) is 6.91. The van der Waals surface area contributed by atoms with Gasteiger partial charge < -0.3 is 5.32 Å². The summed E-state index contributed by atoms with van der Waals surface area (Å²) in [6.45, 7) is 8.74. The largest absolute Gasteiger partial charge is 0.316 e. The van der Waals surface area contributed by atoms with Crippen molar-refractivity contribution in [2.75, 3.05) is 13.1 Å². The molecule has 0 atom stereocenters. The van der Waals surface area contributed by atoms with Crippen LogP contribution in [0, 0.1) is 5.41 Å². The van der Waals surface area contributed by atoms with Crippen molar-refractivity contribution in [3.8, 4) is 0 Å². The standard InChI is InChI=1S/C14H23ClN2/c1-4-14(5-2,11-16-6-3)9-12-7-8-17-10-13(12)15/h7-8,10,16H,4-6,9,11H2,1-3H3. The zero-order valence-electron chi connectivity index (χ0n) is 11.1. The second kappa shape index (κ2) is 6.97. The predicted octanol–water partition coefficient (Wildman–Crippen LogP) is 3.69. The Hall–Kier alpha value is -0.600. The molecular formula is C14H23ClN2. The molecule has 0 saturated heterocycles. The van der Waals surface area contributed by atoms with Gasteiger partial charge in [-0.1, -0.05) is 32.4 Å². The van der Waals surface area contributed by atoms with Crippen LogP contribution in [-0.2, 0) is 6.42 Å². The van der Waals surface area contributed by atoms with Gasteiger partial charge in [-0.3, -0.25) is 4.98 Å². The average molecular weight is 255 g/mol. The highest BCUT2D eigenvalue weighted by atomic mass is 35.5. The van der Waals surface area contributed by atoms with E-state index in [-0.39, 0.29) is 0 Å². The number of nitrogens with one attached hydrogen (secondary N) is 1. The maximum Gasteiger partial charge on any atom is 0.0621 e. The second-order valence-corrected chi connectivity index (χ2v) is 5.04. The molecule has 0 saturated carbocycles. The molecule has 0 fully saturated rings. The van der Waals surface area contributed by atoms with Gasteiger partial charge in [-0.25, -0.2) is 0 Å². The first-order valence-corrected chi connectivity index (χ1v) is 6.84. The summed E-state index contributed by atoms with van der Waals surface area (Å²) >= 11 is 6.20. The van der Waals surface area contributed by atoms with Gasteiger partial charge in [-0.05, 0) is 42.9 Å². The van der Waals surface area contributed by atoms with Crippen molar-refractivity contribution in [2.45, 2.75) is 40.0 Å². The molecule has 0 spiro atoms. The van der Waals surface area contributed by atoms with E-state index in [0.717, 1.165) is 37.4 Å². The van der Waals surface area contributed by atoms with Gasteiger partial charge in [0.05, 0.1) is 5.02 Å². The Morgan fingerprint density at radius 3 is 2.53 bits per heavy atom. The topological polar surface area (TPSA) is 24.9 Å². The molecule has 0 aromatic carbocycles. The molecule has 0 unspecified atom stereocenters. The summed E-state index contributed by atoms with van der Waals surface area (Å²) in [5.41, 5.74) is 1.52. The van der Waals surface area contributed by atoms with E-state index in [9.17, 15) is 0 Å². The lowest BCUT2D eigenvalue weighted by Crippen LogP contribution is -2.35. The minimum atomic E-state index is 0.307. The molecule has 1 rings (SSSR count). The summed E-state index contributed by atoms with van der Waals surface area (Å²) in [5, 5.41) is 4.26. The van der Waals surface area contributed by atoms with Crippen molar-refractivity contribution in [3.63, 3.8) is 0 Å². The Morgan fingerprint density at radius 1 is 1.29 bits per heavy atom. The van der Waals surface area contributed by atoms with Crippen molar-refractivity contribution in [3.05, 3.63) is 29.0 Å². The molecule has 0 amide bonds. The number of halogens is 1. The summed E-state index contributed by atoms with van der Waals surface area (Å²) in [7, 11) is 0. The van der Waals surface area contributed by atoms with Gasteiger partial charge >= 0.3 is 0 Å². The first-order valence-electron chi connectivity index (χ1n) is 6.46. The Labute approximate surface area is 110 Å². The molecule has 0 bridgehead atoms. The lowest BCUT2D eigenvalue weighted by atomic mass is 9.77. The van der Waals surface area contributed by atoms with Crippen LogP contribution in [0.2, 0.25) is 5.02 Å². The van der Waals surface area contributed by atoms with Crippen molar-refractivity contribution in [1.29, 1.82) is 0 Å². The van der Waals surface area contributed by atoms with E-state index < -0.39 is 0 Å². The first-order chi connectivity index (χ1) is 8.17. The van der Waals surface area contributed by atoms with Crippen LogP contribution in [0.4, 0.5) is 0 Å². The number of aromatic nitrogens is 1. The highest BCUT2D eigenvalue weighted by Gasteiger charge is 2.26. The van der Waals surface area contributed by atoms with Gasteiger partial charge in [-0.15, -0.1) is 0 Å². The fourth-order valence-electron chi connectivity index (χ4n) is 2.15. The summed E-state index contributed by atoms with van der Waals surface area (Å²) in [4.78, 5) is 4.04. The molecule has 2 nitrogen and oxygen atoms in total. The smallest absolute Gasteiger partial charge is 0.0621 e. The lowest BCUT2D eigenvalue weighted by molar-refractivity contribution is 0.248. The maximum atomic E-state index is 6.20. The van der Waals surface area contributed by atoms with Gasteiger partial charge in [-0.2, -0.15) is 0 Å². The average Bonchev–Trinajstić information content (AvgIpc) is 2.37. The fraction of sp³-hybridized carbons (Fsp3) is 0.643. The van der Waals surface area contributed by atoms with Crippen molar-refractivity contribution >= 4 is 11.6 Å². The highest BCUT2D eigenvalue weighted by molar-refractivity contribution is 6.31. The van der Waals surface area contributed by atoms with Gasteiger partial charge in [0.25, 0.3) is 0 Å².